The summed E-state index contributed by atoms with van der Waals surface area (Å²) in [6, 6.07) is 16.3. The third-order valence-corrected chi connectivity index (χ3v) is 5.58. The van der Waals surface area contributed by atoms with Crippen LogP contribution in [0.25, 0.3) is 0 Å². The van der Waals surface area contributed by atoms with Crippen molar-refractivity contribution in [3.63, 3.8) is 0 Å². The van der Waals surface area contributed by atoms with Crippen LogP contribution < -0.4 is 10.1 Å². The number of likely N-dealkylation sites (tertiary alicyclic amines) is 1. The topological polar surface area (TPSA) is 41.6 Å². The van der Waals surface area contributed by atoms with E-state index in [2.05, 4.69) is 41.4 Å². The standard InChI is InChI=1S/C23H30N2O2/c1-17-8-4-5-9-20(17)16-25-14-12-19(13-15-25)23(26)24-18(2)21-10-6-7-11-22(21)27-3/h4-11,18-19H,12-16H2,1-3H3,(H,24,26). The van der Waals surface area contributed by atoms with Gasteiger partial charge in [0, 0.05) is 18.0 Å². The van der Waals surface area contributed by atoms with E-state index in [1.807, 2.05) is 31.2 Å². The molecule has 0 saturated carbocycles. The van der Waals surface area contributed by atoms with Gasteiger partial charge in [-0.3, -0.25) is 9.69 Å². The number of ether oxygens (including phenoxy) is 1. The van der Waals surface area contributed by atoms with Crippen LogP contribution in [0.15, 0.2) is 48.5 Å². The molecule has 4 heteroatoms. The minimum Gasteiger partial charge on any atom is -0.496 e. The lowest BCUT2D eigenvalue weighted by Gasteiger charge is -2.32. The number of aryl methyl sites for hydroxylation is 1. The summed E-state index contributed by atoms with van der Waals surface area (Å²) in [6.07, 6.45) is 1.83. The third kappa shape index (κ3) is 4.89. The fraction of sp³-hybridized carbons (Fsp3) is 0.435. The van der Waals surface area contributed by atoms with Gasteiger partial charge in [0.25, 0.3) is 0 Å². The maximum absolute atomic E-state index is 12.7. The van der Waals surface area contributed by atoms with Gasteiger partial charge >= 0.3 is 0 Å². The zero-order chi connectivity index (χ0) is 19.2. The van der Waals surface area contributed by atoms with Gasteiger partial charge < -0.3 is 10.1 Å². The van der Waals surface area contributed by atoms with Gasteiger partial charge in [-0.2, -0.15) is 0 Å². The number of methoxy groups -OCH3 is 1. The molecule has 1 N–H and O–H groups in total. The Morgan fingerprint density at radius 3 is 2.52 bits per heavy atom. The fourth-order valence-electron chi connectivity index (χ4n) is 3.81. The molecule has 3 rings (SSSR count). The molecule has 1 unspecified atom stereocenters. The second kappa shape index (κ2) is 9.05. The third-order valence-electron chi connectivity index (χ3n) is 5.58. The first-order valence-electron chi connectivity index (χ1n) is 9.78. The van der Waals surface area contributed by atoms with E-state index >= 15 is 0 Å². The van der Waals surface area contributed by atoms with Gasteiger partial charge in [-0.1, -0.05) is 42.5 Å². The predicted octanol–water partition coefficient (Wildman–Crippen LogP) is 4.09. The van der Waals surface area contributed by atoms with Crippen LogP contribution in [0.1, 0.15) is 42.5 Å². The summed E-state index contributed by atoms with van der Waals surface area (Å²) in [7, 11) is 1.66. The quantitative estimate of drug-likeness (QED) is 0.837. The normalized spacial score (nSPS) is 16.7. The number of rotatable bonds is 6. The van der Waals surface area contributed by atoms with Crippen molar-refractivity contribution in [2.45, 2.75) is 39.3 Å². The Labute approximate surface area is 162 Å². The molecule has 1 heterocycles. The first kappa shape index (κ1) is 19.4. The minimum absolute atomic E-state index is 0.0568. The van der Waals surface area contributed by atoms with Crippen molar-refractivity contribution in [2.24, 2.45) is 5.92 Å². The highest BCUT2D eigenvalue weighted by Crippen LogP contribution is 2.26. The maximum atomic E-state index is 12.7. The number of nitrogens with one attached hydrogen (secondary N) is 1. The highest BCUT2D eigenvalue weighted by Gasteiger charge is 2.26. The van der Waals surface area contributed by atoms with Crippen molar-refractivity contribution >= 4 is 5.91 Å². The molecule has 1 aliphatic heterocycles. The molecule has 1 amide bonds. The zero-order valence-electron chi connectivity index (χ0n) is 16.6. The SMILES string of the molecule is COc1ccccc1C(C)NC(=O)C1CCN(Cc2ccccc2C)CC1. The van der Waals surface area contributed by atoms with Crippen LogP contribution in [0.4, 0.5) is 0 Å². The molecule has 0 aliphatic carbocycles. The van der Waals surface area contributed by atoms with E-state index in [4.69, 9.17) is 4.74 Å². The molecule has 2 aromatic carbocycles. The average Bonchev–Trinajstić information content (AvgIpc) is 2.70. The molecule has 1 atom stereocenters. The highest BCUT2D eigenvalue weighted by atomic mass is 16.5. The second-order valence-electron chi connectivity index (χ2n) is 7.45. The van der Waals surface area contributed by atoms with Gasteiger partial charge in [0.15, 0.2) is 0 Å². The first-order chi connectivity index (χ1) is 13.1. The monoisotopic (exact) mass is 366 g/mol. The molecular weight excluding hydrogens is 336 g/mol. The summed E-state index contributed by atoms with van der Waals surface area (Å²) in [5.74, 6) is 1.07. The van der Waals surface area contributed by atoms with Crippen molar-refractivity contribution in [3.8, 4) is 5.75 Å². The van der Waals surface area contributed by atoms with Crippen LogP contribution in [0.5, 0.6) is 5.75 Å². The molecule has 0 radical (unpaired) electrons. The van der Waals surface area contributed by atoms with Crippen LogP contribution in [-0.2, 0) is 11.3 Å². The summed E-state index contributed by atoms with van der Waals surface area (Å²) < 4.78 is 5.42. The molecule has 0 bridgehead atoms. The van der Waals surface area contributed by atoms with Gasteiger partial charge in [-0.25, -0.2) is 0 Å². The number of amides is 1. The Kier molecular flexibility index (Phi) is 6.51. The summed E-state index contributed by atoms with van der Waals surface area (Å²) in [5.41, 5.74) is 3.73. The van der Waals surface area contributed by atoms with Gasteiger partial charge in [-0.15, -0.1) is 0 Å². The summed E-state index contributed by atoms with van der Waals surface area (Å²) in [4.78, 5) is 15.2. The van der Waals surface area contributed by atoms with E-state index in [1.165, 1.54) is 11.1 Å². The van der Waals surface area contributed by atoms with E-state index in [1.54, 1.807) is 7.11 Å². The minimum atomic E-state index is -0.0568. The van der Waals surface area contributed by atoms with Crippen molar-refractivity contribution in [1.29, 1.82) is 0 Å². The van der Waals surface area contributed by atoms with Crippen molar-refractivity contribution < 1.29 is 9.53 Å². The van der Waals surface area contributed by atoms with E-state index in [9.17, 15) is 4.79 Å². The Morgan fingerprint density at radius 2 is 1.81 bits per heavy atom. The second-order valence-corrected chi connectivity index (χ2v) is 7.45. The summed E-state index contributed by atoms with van der Waals surface area (Å²) in [6.45, 7) is 7.08. The summed E-state index contributed by atoms with van der Waals surface area (Å²) >= 11 is 0. The number of hydrogen-bond acceptors (Lipinski definition) is 3. The van der Waals surface area contributed by atoms with E-state index < -0.39 is 0 Å². The number of carbonyl (C=O) groups excluding carboxylic acids is 1. The molecule has 27 heavy (non-hydrogen) atoms. The Morgan fingerprint density at radius 1 is 1.15 bits per heavy atom. The number of nitrogens with zero attached hydrogens (tertiary/aromatic N) is 1. The van der Waals surface area contributed by atoms with E-state index in [-0.39, 0.29) is 17.9 Å². The van der Waals surface area contributed by atoms with E-state index in [0.717, 1.165) is 43.8 Å². The first-order valence-corrected chi connectivity index (χ1v) is 9.78. The molecule has 4 nitrogen and oxygen atoms in total. The molecule has 1 saturated heterocycles. The van der Waals surface area contributed by atoms with Crippen LogP contribution >= 0.6 is 0 Å². The number of carbonyl (C=O) groups is 1. The lowest BCUT2D eigenvalue weighted by Crippen LogP contribution is -2.41. The Balaban J connectivity index is 1.52. The maximum Gasteiger partial charge on any atom is 0.223 e. The number of para-hydroxylation sites is 1. The lowest BCUT2D eigenvalue weighted by atomic mass is 9.94. The zero-order valence-corrected chi connectivity index (χ0v) is 16.6. The van der Waals surface area contributed by atoms with Gasteiger partial charge in [-0.05, 0) is 57.0 Å². The smallest absolute Gasteiger partial charge is 0.223 e. The molecular formula is C23H30N2O2. The van der Waals surface area contributed by atoms with Crippen molar-refractivity contribution in [2.75, 3.05) is 20.2 Å². The largest absolute Gasteiger partial charge is 0.496 e. The molecule has 0 spiro atoms. The highest BCUT2D eigenvalue weighted by molar-refractivity contribution is 5.79. The summed E-state index contributed by atoms with van der Waals surface area (Å²) in [5, 5.41) is 3.18. The van der Waals surface area contributed by atoms with Gasteiger partial charge in [0.05, 0.1) is 13.2 Å². The lowest BCUT2D eigenvalue weighted by molar-refractivity contribution is -0.127. The Bertz CT molecular complexity index is 766. The Hall–Kier alpha value is -2.33. The number of piperidine rings is 1. The average molecular weight is 367 g/mol. The fourth-order valence-corrected chi connectivity index (χ4v) is 3.81. The number of hydrogen-bond donors (Lipinski definition) is 1. The van der Waals surface area contributed by atoms with Gasteiger partial charge in [0.1, 0.15) is 5.75 Å². The molecule has 1 aliphatic rings. The van der Waals surface area contributed by atoms with Crippen LogP contribution in [-0.4, -0.2) is 31.0 Å². The van der Waals surface area contributed by atoms with Gasteiger partial charge in [0.2, 0.25) is 5.91 Å². The van der Waals surface area contributed by atoms with Crippen LogP contribution in [0.3, 0.4) is 0 Å². The van der Waals surface area contributed by atoms with Crippen LogP contribution in [0.2, 0.25) is 0 Å². The van der Waals surface area contributed by atoms with Crippen LogP contribution in [0, 0.1) is 12.8 Å². The molecule has 1 fully saturated rings. The molecule has 144 valence electrons. The predicted molar refractivity (Wildman–Crippen MR) is 109 cm³/mol. The van der Waals surface area contributed by atoms with E-state index in [0.29, 0.717) is 0 Å². The molecule has 2 aromatic rings. The van der Waals surface area contributed by atoms with Crippen molar-refractivity contribution in [3.05, 3.63) is 65.2 Å². The number of benzene rings is 2. The van der Waals surface area contributed by atoms with Crippen molar-refractivity contribution in [1.82, 2.24) is 10.2 Å². The molecule has 0 aromatic heterocycles.